The third-order valence-electron chi connectivity index (χ3n) is 3.83. The number of hydrogen-bond donors (Lipinski definition) is 0. The van der Waals surface area contributed by atoms with Crippen molar-refractivity contribution in [3.63, 3.8) is 0 Å². The van der Waals surface area contributed by atoms with E-state index in [1.807, 2.05) is 43.0 Å². The lowest BCUT2D eigenvalue weighted by molar-refractivity contribution is -0.129. The Balaban J connectivity index is 1.69. The molecule has 1 saturated heterocycles. The van der Waals surface area contributed by atoms with E-state index in [9.17, 15) is 4.79 Å². The van der Waals surface area contributed by atoms with Crippen LogP contribution in [0.25, 0.3) is 11.5 Å². The zero-order valence-electron chi connectivity index (χ0n) is 12.8. The van der Waals surface area contributed by atoms with Gasteiger partial charge in [-0.1, -0.05) is 30.0 Å². The maximum Gasteiger partial charge on any atom is 0.277 e. The molecule has 3 rings (SSSR count). The molecule has 1 fully saturated rings. The molecule has 116 valence electrons. The smallest absolute Gasteiger partial charge is 0.277 e. The summed E-state index contributed by atoms with van der Waals surface area (Å²) in [5, 5.41) is 8.39. The molecule has 0 aliphatic carbocycles. The third-order valence-corrected chi connectivity index (χ3v) is 4.75. The Morgan fingerprint density at radius 2 is 2.00 bits per heavy atom. The number of hydrogen-bond acceptors (Lipinski definition) is 5. The molecule has 22 heavy (non-hydrogen) atoms. The van der Waals surface area contributed by atoms with Gasteiger partial charge in [0.25, 0.3) is 5.22 Å². The Morgan fingerprint density at radius 1 is 1.27 bits per heavy atom. The number of nitrogens with zero attached hydrogens (tertiary/aromatic N) is 3. The molecular weight excluding hydrogens is 298 g/mol. The number of aromatic nitrogens is 2. The largest absolute Gasteiger partial charge is 0.411 e. The number of thioether (sulfide) groups is 1. The van der Waals surface area contributed by atoms with Gasteiger partial charge in [0.15, 0.2) is 0 Å². The fourth-order valence-corrected chi connectivity index (χ4v) is 3.34. The highest BCUT2D eigenvalue weighted by Crippen LogP contribution is 2.28. The van der Waals surface area contributed by atoms with Crippen molar-refractivity contribution in [1.82, 2.24) is 15.1 Å². The van der Waals surface area contributed by atoms with E-state index in [0.717, 1.165) is 37.1 Å². The van der Waals surface area contributed by atoms with Crippen LogP contribution in [0.3, 0.4) is 0 Å². The van der Waals surface area contributed by atoms with E-state index in [0.29, 0.717) is 11.1 Å². The van der Waals surface area contributed by atoms with Crippen LogP contribution in [0.5, 0.6) is 0 Å². The topological polar surface area (TPSA) is 59.2 Å². The predicted molar refractivity (Wildman–Crippen MR) is 85.6 cm³/mol. The van der Waals surface area contributed by atoms with Crippen LogP contribution in [-0.2, 0) is 4.79 Å². The van der Waals surface area contributed by atoms with Crippen LogP contribution in [0.2, 0.25) is 0 Å². The third kappa shape index (κ3) is 3.16. The maximum atomic E-state index is 12.3. The minimum atomic E-state index is -0.205. The Labute approximate surface area is 134 Å². The second kappa shape index (κ2) is 6.52. The summed E-state index contributed by atoms with van der Waals surface area (Å²) in [7, 11) is 0. The molecular formula is C16H19N3O2S. The first-order chi connectivity index (χ1) is 10.6. The van der Waals surface area contributed by atoms with Gasteiger partial charge < -0.3 is 9.32 Å². The van der Waals surface area contributed by atoms with E-state index in [1.54, 1.807) is 0 Å². The molecule has 1 aromatic carbocycles. The highest BCUT2D eigenvalue weighted by atomic mass is 32.2. The first kappa shape index (κ1) is 15.1. The van der Waals surface area contributed by atoms with Crippen molar-refractivity contribution < 1.29 is 9.21 Å². The number of amides is 1. The molecule has 0 spiro atoms. The fraction of sp³-hybridized carbons (Fsp3) is 0.438. The van der Waals surface area contributed by atoms with E-state index in [1.165, 1.54) is 11.8 Å². The van der Waals surface area contributed by atoms with E-state index in [-0.39, 0.29) is 11.2 Å². The number of benzene rings is 1. The summed E-state index contributed by atoms with van der Waals surface area (Å²) in [5.41, 5.74) is 2.02. The van der Waals surface area contributed by atoms with Gasteiger partial charge in [-0.2, -0.15) is 0 Å². The second-order valence-corrected chi connectivity index (χ2v) is 6.77. The van der Waals surface area contributed by atoms with Crippen molar-refractivity contribution in [2.45, 2.75) is 37.2 Å². The van der Waals surface area contributed by atoms with Crippen molar-refractivity contribution in [3.05, 3.63) is 29.8 Å². The van der Waals surface area contributed by atoms with Gasteiger partial charge in [0.1, 0.15) is 0 Å². The summed E-state index contributed by atoms with van der Waals surface area (Å²) >= 11 is 1.33. The molecule has 0 N–H and O–H groups in total. The number of carbonyl (C=O) groups excluding carboxylic acids is 1. The molecule has 6 heteroatoms. The van der Waals surface area contributed by atoms with Crippen molar-refractivity contribution >= 4 is 17.7 Å². The van der Waals surface area contributed by atoms with Crippen LogP contribution in [0.4, 0.5) is 0 Å². The lowest BCUT2D eigenvalue weighted by Gasteiger charge is -2.18. The molecule has 1 unspecified atom stereocenters. The van der Waals surface area contributed by atoms with Crippen molar-refractivity contribution in [3.8, 4) is 11.5 Å². The number of aryl methyl sites for hydroxylation is 1. The van der Waals surface area contributed by atoms with Crippen LogP contribution in [0.15, 0.2) is 33.9 Å². The predicted octanol–water partition coefficient (Wildman–Crippen LogP) is 3.15. The quantitative estimate of drug-likeness (QED) is 0.811. The summed E-state index contributed by atoms with van der Waals surface area (Å²) in [6, 6.07) is 7.88. The van der Waals surface area contributed by atoms with Crippen molar-refractivity contribution in [1.29, 1.82) is 0 Å². The van der Waals surface area contributed by atoms with Gasteiger partial charge in [-0.05, 0) is 38.3 Å². The van der Waals surface area contributed by atoms with Gasteiger partial charge in [0.2, 0.25) is 11.8 Å². The van der Waals surface area contributed by atoms with Crippen molar-refractivity contribution in [2.24, 2.45) is 0 Å². The van der Waals surface area contributed by atoms with Gasteiger partial charge in [-0.25, -0.2) is 0 Å². The van der Waals surface area contributed by atoms with Crippen LogP contribution in [0, 0.1) is 6.92 Å². The summed E-state index contributed by atoms with van der Waals surface area (Å²) in [6.45, 7) is 5.62. The fourth-order valence-electron chi connectivity index (χ4n) is 2.58. The molecule has 0 saturated carbocycles. The summed E-state index contributed by atoms with van der Waals surface area (Å²) in [5.74, 6) is 0.652. The SMILES string of the molecule is Cc1ccccc1-c1nnc(SC(C)C(=O)N2CCCC2)o1. The highest BCUT2D eigenvalue weighted by Gasteiger charge is 2.25. The zero-order valence-corrected chi connectivity index (χ0v) is 13.6. The average Bonchev–Trinajstić information content (AvgIpc) is 3.18. The monoisotopic (exact) mass is 317 g/mol. The molecule has 5 nitrogen and oxygen atoms in total. The Bertz CT molecular complexity index is 665. The molecule has 1 aliphatic rings. The van der Waals surface area contributed by atoms with Gasteiger partial charge >= 0.3 is 0 Å². The summed E-state index contributed by atoms with van der Waals surface area (Å²) in [6.07, 6.45) is 2.20. The van der Waals surface area contributed by atoms with Gasteiger partial charge in [-0.3, -0.25) is 4.79 Å². The summed E-state index contributed by atoms with van der Waals surface area (Å²) < 4.78 is 5.70. The van der Waals surface area contributed by atoms with E-state index in [4.69, 9.17) is 4.42 Å². The lowest BCUT2D eigenvalue weighted by Crippen LogP contribution is -2.34. The van der Waals surface area contributed by atoms with Crippen LogP contribution >= 0.6 is 11.8 Å². The van der Waals surface area contributed by atoms with Crippen LogP contribution in [0.1, 0.15) is 25.3 Å². The second-order valence-electron chi connectivity index (χ2n) is 5.48. The highest BCUT2D eigenvalue weighted by molar-refractivity contribution is 8.00. The van der Waals surface area contributed by atoms with Gasteiger partial charge in [0, 0.05) is 18.7 Å². The minimum absolute atomic E-state index is 0.151. The van der Waals surface area contributed by atoms with Crippen LogP contribution < -0.4 is 0 Å². The molecule has 0 bridgehead atoms. The van der Waals surface area contributed by atoms with E-state index < -0.39 is 0 Å². The number of carbonyl (C=O) groups is 1. The molecule has 0 radical (unpaired) electrons. The minimum Gasteiger partial charge on any atom is -0.411 e. The van der Waals surface area contributed by atoms with E-state index >= 15 is 0 Å². The molecule has 2 heterocycles. The first-order valence-electron chi connectivity index (χ1n) is 7.50. The number of likely N-dealkylation sites (tertiary alicyclic amines) is 1. The molecule has 2 aromatic rings. The first-order valence-corrected chi connectivity index (χ1v) is 8.38. The Kier molecular flexibility index (Phi) is 4.47. The van der Waals surface area contributed by atoms with Gasteiger partial charge in [0.05, 0.1) is 5.25 Å². The van der Waals surface area contributed by atoms with Crippen LogP contribution in [-0.4, -0.2) is 39.3 Å². The summed E-state index contributed by atoms with van der Waals surface area (Å²) in [4.78, 5) is 14.2. The van der Waals surface area contributed by atoms with Crippen molar-refractivity contribution in [2.75, 3.05) is 13.1 Å². The lowest BCUT2D eigenvalue weighted by atomic mass is 10.1. The molecule has 1 aliphatic heterocycles. The molecule has 1 amide bonds. The zero-order chi connectivity index (χ0) is 15.5. The number of rotatable bonds is 4. The maximum absolute atomic E-state index is 12.3. The normalized spacial score (nSPS) is 16.0. The average molecular weight is 317 g/mol. The van der Waals surface area contributed by atoms with E-state index in [2.05, 4.69) is 10.2 Å². The molecule has 1 atom stereocenters. The van der Waals surface area contributed by atoms with Gasteiger partial charge in [-0.15, -0.1) is 10.2 Å². The Morgan fingerprint density at radius 3 is 2.73 bits per heavy atom. The Hall–Kier alpha value is -1.82. The molecule has 1 aromatic heterocycles. The standard InChI is InChI=1S/C16H19N3O2S/c1-11-7-3-4-8-13(11)14-17-18-16(21-14)22-12(2)15(20)19-9-5-6-10-19/h3-4,7-8,12H,5-6,9-10H2,1-2H3.